The highest BCUT2D eigenvalue weighted by molar-refractivity contribution is 5.96. The van der Waals surface area contributed by atoms with E-state index in [9.17, 15) is 18.4 Å². The third-order valence-corrected chi connectivity index (χ3v) is 2.60. The van der Waals surface area contributed by atoms with Gasteiger partial charge in [0.2, 0.25) is 0 Å². The van der Waals surface area contributed by atoms with Crippen LogP contribution in [0.25, 0.3) is 0 Å². The number of hydrogen-bond acceptors (Lipinski definition) is 4. The van der Waals surface area contributed by atoms with Crippen molar-refractivity contribution in [3.8, 4) is 5.75 Å². The quantitative estimate of drug-likeness (QED) is 0.725. The standard InChI is InChI=1S/C14H17F2NO4/c1-3-17(9-12(18)20-4-2)13(19)10-6-5-7-11(8-10)21-14(15)16/h5-8,14H,3-4,9H2,1-2H3. The first-order chi connectivity index (χ1) is 9.97. The number of alkyl halides is 2. The Balaban J connectivity index is 2.82. The summed E-state index contributed by atoms with van der Waals surface area (Å²) < 4.78 is 33.3. The first-order valence-electron chi connectivity index (χ1n) is 6.47. The van der Waals surface area contributed by atoms with Gasteiger partial charge in [0.15, 0.2) is 0 Å². The molecule has 5 nitrogen and oxygen atoms in total. The van der Waals surface area contributed by atoms with Crippen LogP contribution in [0.15, 0.2) is 24.3 Å². The second-order valence-electron chi connectivity index (χ2n) is 4.03. The van der Waals surface area contributed by atoms with Crippen molar-refractivity contribution in [1.82, 2.24) is 4.90 Å². The number of rotatable bonds is 7. The third kappa shape index (κ3) is 5.37. The molecule has 0 aliphatic carbocycles. The molecule has 21 heavy (non-hydrogen) atoms. The molecule has 0 heterocycles. The van der Waals surface area contributed by atoms with Crippen LogP contribution in [0.5, 0.6) is 5.75 Å². The van der Waals surface area contributed by atoms with Crippen molar-refractivity contribution in [2.24, 2.45) is 0 Å². The van der Waals surface area contributed by atoms with E-state index in [4.69, 9.17) is 4.74 Å². The van der Waals surface area contributed by atoms with E-state index in [1.165, 1.54) is 29.2 Å². The number of halogens is 2. The Kier molecular flexibility index (Phi) is 6.58. The van der Waals surface area contributed by atoms with E-state index in [0.29, 0.717) is 0 Å². The van der Waals surface area contributed by atoms with Crippen molar-refractivity contribution < 1.29 is 27.8 Å². The fourth-order valence-electron chi connectivity index (χ4n) is 1.68. The number of benzene rings is 1. The van der Waals surface area contributed by atoms with Gasteiger partial charge in [-0.2, -0.15) is 8.78 Å². The molecule has 0 bridgehead atoms. The number of hydrogen-bond donors (Lipinski definition) is 0. The molecular weight excluding hydrogens is 284 g/mol. The molecule has 0 saturated carbocycles. The largest absolute Gasteiger partial charge is 0.465 e. The maximum Gasteiger partial charge on any atom is 0.387 e. The molecule has 0 radical (unpaired) electrons. The van der Waals surface area contributed by atoms with Crippen LogP contribution >= 0.6 is 0 Å². The minimum atomic E-state index is -2.96. The molecule has 1 rings (SSSR count). The molecule has 0 aliphatic heterocycles. The van der Waals surface area contributed by atoms with Gasteiger partial charge < -0.3 is 14.4 Å². The smallest absolute Gasteiger partial charge is 0.387 e. The molecule has 0 aromatic heterocycles. The maximum absolute atomic E-state index is 12.2. The average molecular weight is 301 g/mol. The summed E-state index contributed by atoms with van der Waals surface area (Å²) in [5.41, 5.74) is 0.166. The number of carbonyl (C=O) groups excluding carboxylic acids is 2. The van der Waals surface area contributed by atoms with Crippen molar-refractivity contribution >= 4 is 11.9 Å². The van der Waals surface area contributed by atoms with E-state index < -0.39 is 18.5 Å². The zero-order valence-corrected chi connectivity index (χ0v) is 11.8. The van der Waals surface area contributed by atoms with Crippen LogP contribution in [0.4, 0.5) is 8.78 Å². The Bertz CT molecular complexity index is 494. The zero-order valence-electron chi connectivity index (χ0n) is 11.8. The second-order valence-corrected chi connectivity index (χ2v) is 4.03. The molecule has 0 saturated heterocycles. The fraction of sp³-hybridized carbons (Fsp3) is 0.429. The van der Waals surface area contributed by atoms with E-state index in [2.05, 4.69) is 4.74 Å². The summed E-state index contributed by atoms with van der Waals surface area (Å²) in [5.74, 6) is -1.08. The van der Waals surface area contributed by atoms with E-state index in [-0.39, 0.29) is 31.0 Å². The van der Waals surface area contributed by atoms with Gasteiger partial charge in [0.1, 0.15) is 12.3 Å². The van der Waals surface area contributed by atoms with E-state index in [1.54, 1.807) is 13.8 Å². The Labute approximate surface area is 121 Å². The second kappa shape index (κ2) is 8.18. The molecular formula is C14H17F2NO4. The molecule has 1 aromatic carbocycles. The molecule has 0 N–H and O–H groups in total. The Morgan fingerprint density at radius 2 is 2.00 bits per heavy atom. The van der Waals surface area contributed by atoms with Crippen LogP contribution in [0.2, 0.25) is 0 Å². The SMILES string of the molecule is CCOC(=O)CN(CC)C(=O)c1cccc(OC(F)F)c1. The van der Waals surface area contributed by atoms with Gasteiger partial charge in [-0.15, -0.1) is 0 Å². The van der Waals surface area contributed by atoms with Crippen molar-refractivity contribution in [2.45, 2.75) is 20.5 Å². The van der Waals surface area contributed by atoms with E-state index >= 15 is 0 Å². The summed E-state index contributed by atoms with van der Waals surface area (Å²) >= 11 is 0. The van der Waals surface area contributed by atoms with Crippen molar-refractivity contribution in [2.75, 3.05) is 19.7 Å². The summed E-state index contributed by atoms with van der Waals surface area (Å²) in [6.07, 6.45) is 0. The molecule has 1 amide bonds. The first-order valence-corrected chi connectivity index (χ1v) is 6.47. The molecule has 0 spiro atoms. The van der Waals surface area contributed by atoms with Crippen LogP contribution in [-0.2, 0) is 9.53 Å². The lowest BCUT2D eigenvalue weighted by atomic mass is 10.2. The number of esters is 1. The third-order valence-electron chi connectivity index (χ3n) is 2.60. The first kappa shape index (κ1) is 16.9. The lowest BCUT2D eigenvalue weighted by Gasteiger charge is -2.20. The monoisotopic (exact) mass is 301 g/mol. The van der Waals surface area contributed by atoms with Gasteiger partial charge >= 0.3 is 12.6 Å². The topological polar surface area (TPSA) is 55.8 Å². The number of likely N-dealkylation sites (N-methyl/N-ethyl adjacent to an activating group) is 1. The molecule has 116 valence electrons. The van der Waals surface area contributed by atoms with Gasteiger partial charge in [-0.05, 0) is 32.0 Å². The molecule has 0 aliphatic rings. The predicted octanol–water partition coefficient (Wildman–Crippen LogP) is 2.31. The van der Waals surface area contributed by atoms with Gasteiger partial charge in [0.05, 0.1) is 6.61 Å². The predicted molar refractivity (Wildman–Crippen MR) is 71.3 cm³/mol. The van der Waals surface area contributed by atoms with Gasteiger partial charge in [-0.25, -0.2) is 0 Å². The Hall–Kier alpha value is -2.18. The van der Waals surface area contributed by atoms with E-state index in [1.807, 2.05) is 0 Å². The summed E-state index contributed by atoms with van der Waals surface area (Å²) in [7, 11) is 0. The molecule has 1 aromatic rings. The van der Waals surface area contributed by atoms with Gasteiger partial charge in [0.25, 0.3) is 5.91 Å². The van der Waals surface area contributed by atoms with Crippen LogP contribution in [0.1, 0.15) is 24.2 Å². The summed E-state index contributed by atoms with van der Waals surface area (Å²) in [5, 5.41) is 0. The van der Waals surface area contributed by atoms with Crippen LogP contribution in [0.3, 0.4) is 0 Å². The minimum absolute atomic E-state index is 0.108. The van der Waals surface area contributed by atoms with Crippen molar-refractivity contribution in [1.29, 1.82) is 0 Å². The molecule has 7 heteroatoms. The number of amides is 1. The highest BCUT2D eigenvalue weighted by Crippen LogP contribution is 2.17. The van der Waals surface area contributed by atoms with Gasteiger partial charge in [0, 0.05) is 12.1 Å². The highest BCUT2D eigenvalue weighted by Gasteiger charge is 2.18. The molecule has 0 atom stereocenters. The molecule has 0 fully saturated rings. The van der Waals surface area contributed by atoms with Crippen molar-refractivity contribution in [3.05, 3.63) is 29.8 Å². The average Bonchev–Trinajstić information content (AvgIpc) is 2.44. The Morgan fingerprint density at radius 3 is 2.57 bits per heavy atom. The van der Waals surface area contributed by atoms with Crippen LogP contribution in [-0.4, -0.2) is 43.1 Å². The van der Waals surface area contributed by atoms with Gasteiger partial charge in [-0.1, -0.05) is 6.07 Å². The Morgan fingerprint density at radius 1 is 1.29 bits per heavy atom. The lowest BCUT2D eigenvalue weighted by Crippen LogP contribution is -2.36. The van der Waals surface area contributed by atoms with Crippen LogP contribution < -0.4 is 4.74 Å². The van der Waals surface area contributed by atoms with Crippen molar-refractivity contribution in [3.63, 3.8) is 0 Å². The number of nitrogens with zero attached hydrogens (tertiary/aromatic N) is 1. The summed E-state index contributed by atoms with van der Waals surface area (Å²) in [6, 6.07) is 5.44. The maximum atomic E-state index is 12.2. The summed E-state index contributed by atoms with van der Waals surface area (Å²) in [6.45, 7) is 0.734. The van der Waals surface area contributed by atoms with Gasteiger partial charge in [-0.3, -0.25) is 9.59 Å². The number of ether oxygens (including phenoxy) is 2. The number of carbonyl (C=O) groups is 2. The van der Waals surface area contributed by atoms with E-state index in [0.717, 1.165) is 0 Å². The lowest BCUT2D eigenvalue weighted by molar-refractivity contribution is -0.143. The zero-order chi connectivity index (χ0) is 15.8. The summed E-state index contributed by atoms with van der Waals surface area (Å²) in [4.78, 5) is 24.9. The highest BCUT2D eigenvalue weighted by atomic mass is 19.3. The van der Waals surface area contributed by atoms with Crippen LogP contribution in [0, 0.1) is 0 Å². The minimum Gasteiger partial charge on any atom is -0.465 e. The molecule has 0 unspecified atom stereocenters. The fourth-order valence-corrected chi connectivity index (χ4v) is 1.68. The normalized spacial score (nSPS) is 10.3.